The van der Waals surface area contributed by atoms with Crippen LogP contribution in [0.25, 0.3) is 0 Å². The molecule has 2 nitrogen and oxygen atoms in total. The highest BCUT2D eigenvalue weighted by Gasteiger charge is 2.00. The first-order valence-electron chi connectivity index (χ1n) is 2.55. The molecule has 0 spiro atoms. The van der Waals surface area contributed by atoms with Gasteiger partial charge in [0, 0.05) is 19.2 Å². The Morgan fingerprint density at radius 2 is 2.44 bits per heavy atom. The van der Waals surface area contributed by atoms with Crippen LogP contribution in [0.1, 0.15) is 17.4 Å². The molecule has 0 amide bonds. The largest absolute Gasteiger partial charge is 0.356 e. The molecular formula is C6H6FNO. The van der Waals surface area contributed by atoms with Crippen LogP contribution >= 0.6 is 0 Å². The molecule has 0 saturated carbocycles. The van der Waals surface area contributed by atoms with Crippen LogP contribution in [-0.4, -0.2) is 10.8 Å². The van der Waals surface area contributed by atoms with Crippen molar-refractivity contribution in [3.05, 3.63) is 23.8 Å². The molecule has 1 heterocycles. The molecule has 1 aromatic heterocycles. The van der Waals surface area contributed by atoms with E-state index in [2.05, 4.69) is 4.98 Å². The predicted molar refractivity (Wildman–Crippen MR) is 30.8 cm³/mol. The molecule has 9 heavy (non-hydrogen) atoms. The second-order valence-corrected chi connectivity index (χ2v) is 1.79. The van der Waals surface area contributed by atoms with E-state index in [1.54, 1.807) is 0 Å². The second kappa shape index (κ2) is 2.01. The Morgan fingerprint density at radius 3 is 2.67 bits per heavy atom. The molecule has 0 aliphatic rings. The van der Waals surface area contributed by atoms with Gasteiger partial charge >= 0.3 is 0 Å². The summed E-state index contributed by atoms with van der Waals surface area (Å²) in [7, 11) is 0. The van der Waals surface area contributed by atoms with Gasteiger partial charge < -0.3 is 4.98 Å². The number of halogens is 1. The topological polar surface area (TPSA) is 32.9 Å². The van der Waals surface area contributed by atoms with E-state index in [0.717, 1.165) is 6.20 Å². The zero-order chi connectivity index (χ0) is 6.85. The quantitative estimate of drug-likeness (QED) is 0.567. The van der Waals surface area contributed by atoms with Crippen LogP contribution in [0.15, 0.2) is 12.3 Å². The highest BCUT2D eigenvalue weighted by Crippen LogP contribution is 2.00. The number of hydrogen-bond acceptors (Lipinski definition) is 1. The standard InChI is InChI=1S/C6H6FNO/c1-4(9)6-2-5(7)3-8-6/h2-3,8H,1H3. The number of nitrogens with one attached hydrogen (secondary N) is 1. The molecule has 1 aromatic rings. The molecule has 1 N–H and O–H groups in total. The lowest BCUT2D eigenvalue weighted by Gasteiger charge is -1.81. The zero-order valence-corrected chi connectivity index (χ0v) is 4.94. The average Bonchev–Trinajstić information content (AvgIpc) is 2.14. The molecule has 48 valence electrons. The van der Waals surface area contributed by atoms with E-state index in [4.69, 9.17) is 0 Å². The van der Waals surface area contributed by atoms with Gasteiger partial charge in [-0.1, -0.05) is 0 Å². The van der Waals surface area contributed by atoms with Crippen molar-refractivity contribution < 1.29 is 9.18 Å². The summed E-state index contributed by atoms with van der Waals surface area (Å²) < 4.78 is 12.1. The summed E-state index contributed by atoms with van der Waals surface area (Å²) in [6, 6.07) is 1.17. The van der Waals surface area contributed by atoms with Gasteiger partial charge in [0.05, 0.1) is 5.69 Å². The predicted octanol–water partition coefficient (Wildman–Crippen LogP) is 1.36. The van der Waals surface area contributed by atoms with Gasteiger partial charge in [-0.25, -0.2) is 4.39 Å². The number of aromatic amines is 1. The summed E-state index contributed by atoms with van der Waals surface area (Å²) >= 11 is 0. The van der Waals surface area contributed by atoms with Crippen molar-refractivity contribution in [2.45, 2.75) is 6.92 Å². The van der Waals surface area contributed by atoms with Crippen LogP contribution in [0.5, 0.6) is 0 Å². The lowest BCUT2D eigenvalue weighted by atomic mass is 10.3. The van der Waals surface area contributed by atoms with Crippen molar-refractivity contribution >= 4 is 5.78 Å². The Balaban J connectivity index is 2.98. The van der Waals surface area contributed by atoms with Gasteiger partial charge in [0.1, 0.15) is 5.82 Å². The van der Waals surface area contributed by atoms with E-state index in [1.807, 2.05) is 0 Å². The molecular weight excluding hydrogens is 121 g/mol. The van der Waals surface area contributed by atoms with Crippen molar-refractivity contribution in [2.75, 3.05) is 0 Å². The van der Waals surface area contributed by atoms with Gasteiger partial charge in [0.2, 0.25) is 0 Å². The number of ketones is 1. The van der Waals surface area contributed by atoms with Crippen molar-refractivity contribution in [3.8, 4) is 0 Å². The number of carbonyl (C=O) groups is 1. The van der Waals surface area contributed by atoms with Gasteiger partial charge in [-0.2, -0.15) is 0 Å². The lowest BCUT2D eigenvalue weighted by molar-refractivity contribution is 0.101. The minimum Gasteiger partial charge on any atom is -0.356 e. The fraction of sp³-hybridized carbons (Fsp3) is 0.167. The SMILES string of the molecule is CC(=O)c1cc(F)c[nH]1. The maximum Gasteiger partial charge on any atom is 0.176 e. The second-order valence-electron chi connectivity index (χ2n) is 1.79. The van der Waals surface area contributed by atoms with Gasteiger partial charge in [-0.3, -0.25) is 4.79 Å². The van der Waals surface area contributed by atoms with E-state index in [-0.39, 0.29) is 5.78 Å². The summed E-state index contributed by atoms with van der Waals surface area (Å²) in [6.45, 7) is 1.38. The van der Waals surface area contributed by atoms with Crippen molar-refractivity contribution in [3.63, 3.8) is 0 Å². The molecule has 0 saturated heterocycles. The summed E-state index contributed by atoms with van der Waals surface area (Å²) in [4.78, 5) is 12.9. The highest BCUT2D eigenvalue weighted by atomic mass is 19.1. The molecule has 0 radical (unpaired) electrons. The maximum atomic E-state index is 12.1. The fourth-order valence-corrected chi connectivity index (χ4v) is 0.571. The van der Waals surface area contributed by atoms with Crippen LogP contribution in [0, 0.1) is 5.82 Å². The molecule has 3 heteroatoms. The van der Waals surface area contributed by atoms with E-state index >= 15 is 0 Å². The van der Waals surface area contributed by atoms with Crippen LogP contribution in [-0.2, 0) is 0 Å². The normalized spacial score (nSPS) is 9.56. The molecule has 0 fully saturated rings. The third-order valence-corrected chi connectivity index (χ3v) is 1.03. The number of Topliss-reactive ketones (excluding diaryl/α,β-unsaturated/α-hetero) is 1. The third-order valence-electron chi connectivity index (χ3n) is 1.03. The first-order chi connectivity index (χ1) is 4.20. The van der Waals surface area contributed by atoms with Crippen molar-refractivity contribution in [1.29, 1.82) is 0 Å². The molecule has 0 aromatic carbocycles. The minimum atomic E-state index is -0.403. The Bertz CT molecular complexity index is 229. The molecule has 0 atom stereocenters. The fourth-order valence-electron chi connectivity index (χ4n) is 0.571. The summed E-state index contributed by atoms with van der Waals surface area (Å²) in [6.07, 6.45) is 1.15. The van der Waals surface area contributed by atoms with Gasteiger partial charge in [0.25, 0.3) is 0 Å². The van der Waals surface area contributed by atoms with Crippen LogP contribution < -0.4 is 0 Å². The average molecular weight is 127 g/mol. The molecule has 0 unspecified atom stereocenters. The zero-order valence-electron chi connectivity index (χ0n) is 4.94. The molecule has 0 aliphatic heterocycles. The Labute approximate surface area is 51.7 Å². The monoisotopic (exact) mass is 127 g/mol. The Morgan fingerprint density at radius 1 is 1.78 bits per heavy atom. The van der Waals surface area contributed by atoms with E-state index < -0.39 is 5.82 Å². The summed E-state index contributed by atoms with van der Waals surface area (Å²) in [5, 5.41) is 0. The first kappa shape index (κ1) is 6.01. The summed E-state index contributed by atoms with van der Waals surface area (Å²) in [5.41, 5.74) is 0.313. The van der Waals surface area contributed by atoms with E-state index in [1.165, 1.54) is 13.0 Å². The lowest BCUT2D eigenvalue weighted by Crippen LogP contribution is -1.89. The number of aromatic nitrogens is 1. The molecule has 0 aliphatic carbocycles. The van der Waals surface area contributed by atoms with Gasteiger partial charge in [-0.15, -0.1) is 0 Å². The minimum absolute atomic E-state index is 0.154. The van der Waals surface area contributed by atoms with Crippen LogP contribution in [0.3, 0.4) is 0 Å². The van der Waals surface area contributed by atoms with E-state index in [0.29, 0.717) is 5.69 Å². The number of hydrogen-bond donors (Lipinski definition) is 1. The van der Waals surface area contributed by atoms with Crippen molar-refractivity contribution in [1.82, 2.24) is 4.98 Å². The molecule has 0 bridgehead atoms. The Hall–Kier alpha value is -1.12. The highest BCUT2D eigenvalue weighted by molar-refractivity contribution is 5.92. The number of H-pyrrole nitrogens is 1. The summed E-state index contributed by atoms with van der Waals surface area (Å²) in [5.74, 6) is -0.556. The van der Waals surface area contributed by atoms with Crippen molar-refractivity contribution in [2.24, 2.45) is 0 Å². The number of rotatable bonds is 1. The smallest absolute Gasteiger partial charge is 0.176 e. The van der Waals surface area contributed by atoms with Crippen LogP contribution in [0.2, 0.25) is 0 Å². The number of carbonyl (C=O) groups excluding carboxylic acids is 1. The first-order valence-corrected chi connectivity index (χ1v) is 2.55. The third kappa shape index (κ3) is 1.16. The van der Waals surface area contributed by atoms with Crippen LogP contribution in [0.4, 0.5) is 4.39 Å². The van der Waals surface area contributed by atoms with Gasteiger partial charge in [-0.05, 0) is 0 Å². The van der Waals surface area contributed by atoms with Gasteiger partial charge in [0.15, 0.2) is 5.78 Å². The Kier molecular flexibility index (Phi) is 1.34. The maximum absolute atomic E-state index is 12.1. The molecule has 1 rings (SSSR count). The van der Waals surface area contributed by atoms with E-state index in [9.17, 15) is 9.18 Å².